The first-order valence-corrected chi connectivity index (χ1v) is 6.34. The molecule has 0 spiro atoms. The first kappa shape index (κ1) is 11.2. The number of halogens is 1. The van der Waals surface area contributed by atoms with Crippen LogP contribution in [0.2, 0.25) is 0 Å². The van der Waals surface area contributed by atoms with Gasteiger partial charge in [-0.05, 0) is 62.3 Å². The topological polar surface area (TPSA) is 26.0 Å². The minimum Gasteiger partial charge on any atom is -0.325 e. The van der Waals surface area contributed by atoms with Crippen LogP contribution < -0.4 is 5.73 Å². The second-order valence-electron chi connectivity index (χ2n) is 4.89. The van der Waals surface area contributed by atoms with Crippen LogP contribution >= 0.6 is 15.9 Å². The van der Waals surface area contributed by atoms with Crippen molar-refractivity contribution in [2.75, 3.05) is 0 Å². The van der Waals surface area contributed by atoms with Crippen molar-refractivity contribution >= 4 is 15.9 Å². The molecular weight excluding hydrogens is 250 g/mol. The van der Waals surface area contributed by atoms with Gasteiger partial charge in [0.1, 0.15) is 0 Å². The summed E-state index contributed by atoms with van der Waals surface area (Å²) < 4.78 is 1.21. The largest absolute Gasteiger partial charge is 0.325 e. The highest BCUT2D eigenvalue weighted by Gasteiger charge is 2.37. The van der Waals surface area contributed by atoms with Crippen LogP contribution in [-0.4, -0.2) is 5.54 Å². The van der Waals surface area contributed by atoms with Crippen LogP contribution in [0.4, 0.5) is 0 Å². The Labute approximate surface area is 100 Å². The van der Waals surface area contributed by atoms with E-state index in [9.17, 15) is 0 Å². The molecule has 1 fully saturated rings. The van der Waals surface area contributed by atoms with Gasteiger partial charge in [0, 0.05) is 10.0 Å². The molecule has 0 amide bonds. The van der Waals surface area contributed by atoms with E-state index in [0.717, 1.165) is 12.8 Å². The normalized spacial score (nSPS) is 17.9. The molecule has 0 heterocycles. The summed E-state index contributed by atoms with van der Waals surface area (Å²) in [5.74, 6) is 0. The average Bonchev–Trinajstić information content (AvgIpc) is 2.89. The zero-order chi connectivity index (χ0) is 11.1. The Balaban J connectivity index is 2.10. The molecule has 1 saturated carbocycles. The number of rotatable bonds is 3. The average molecular weight is 268 g/mol. The molecule has 2 N–H and O–H groups in total. The summed E-state index contributed by atoms with van der Waals surface area (Å²) in [6, 6.07) is 4.49. The van der Waals surface area contributed by atoms with Crippen molar-refractivity contribution in [1.29, 1.82) is 0 Å². The fraction of sp³-hybridized carbons (Fsp3) is 0.538. The van der Waals surface area contributed by atoms with Crippen LogP contribution in [0.15, 0.2) is 16.6 Å². The van der Waals surface area contributed by atoms with E-state index >= 15 is 0 Å². The van der Waals surface area contributed by atoms with Crippen LogP contribution in [0, 0.1) is 13.8 Å². The molecule has 1 aromatic carbocycles. The Morgan fingerprint density at radius 1 is 1.27 bits per heavy atom. The van der Waals surface area contributed by atoms with E-state index in [2.05, 4.69) is 41.9 Å². The van der Waals surface area contributed by atoms with Crippen molar-refractivity contribution in [1.82, 2.24) is 0 Å². The minimum atomic E-state index is 0.170. The summed E-state index contributed by atoms with van der Waals surface area (Å²) in [5, 5.41) is 0. The van der Waals surface area contributed by atoms with Crippen molar-refractivity contribution in [2.24, 2.45) is 5.73 Å². The standard InChI is InChI=1S/C13H18BrN/c1-9-7-10(2)12(14)8-11(9)3-4-13(15)5-6-13/h7-8H,3-6,15H2,1-2H3. The molecule has 1 aliphatic carbocycles. The lowest BCUT2D eigenvalue weighted by Crippen LogP contribution is -2.22. The first-order chi connectivity index (χ1) is 7.00. The lowest BCUT2D eigenvalue weighted by atomic mass is 9.99. The van der Waals surface area contributed by atoms with E-state index in [1.165, 1.54) is 34.0 Å². The third-order valence-corrected chi connectivity index (χ3v) is 4.26. The molecule has 1 aliphatic rings. The summed E-state index contributed by atoms with van der Waals surface area (Å²) in [4.78, 5) is 0. The third-order valence-electron chi connectivity index (χ3n) is 3.40. The van der Waals surface area contributed by atoms with Gasteiger partial charge in [0.25, 0.3) is 0 Å². The van der Waals surface area contributed by atoms with E-state index in [0.29, 0.717) is 0 Å². The van der Waals surface area contributed by atoms with E-state index < -0.39 is 0 Å². The fourth-order valence-electron chi connectivity index (χ4n) is 1.93. The van der Waals surface area contributed by atoms with E-state index in [1.807, 2.05) is 0 Å². The highest BCUT2D eigenvalue weighted by Crippen LogP contribution is 2.37. The third kappa shape index (κ3) is 2.61. The zero-order valence-corrected chi connectivity index (χ0v) is 11.0. The van der Waals surface area contributed by atoms with Gasteiger partial charge in [-0.3, -0.25) is 0 Å². The summed E-state index contributed by atoms with van der Waals surface area (Å²) in [6.07, 6.45) is 4.66. The van der Waals surface area contributed by atoms with Gasteiger partial charge in [-0.15, -0.1) is 0 Å². The maximum Gasteiger partial charge on any atom is 0.0207 e. The van der Waals surface area contributed by atoms with Gasteiger partial charge in [-0.1, -0.05) is 22.0 Å². The number of hydrogen-bond donors (Lipinski definition) is 1. The monoisotopic (exact) mass is 267 g/mol. The summed E-state index contributed by atoms with van der Waals surface area (Å²) in [6.45, 7) is 4.32. The van der Waals surface area contributed by atoms with E-state index in [1.54, 1.807) is 0 Å². The maximum atomic E-state index is 6.10. The van der Waals surface area contributed by atoms with Crippen molar-refractivity contribution in [3.8, 4) is 0 Å². The molecule has 2 heteroatoms. The van der Waals surface area contributed by atoms with Crippen LogP contribution in [0.3, 0.4) is 0 Å². The molecule has 1 aromatic rings. The Bertz CT molecular complexity index is 380. The van der Waals surface area contributed by atoms with E-state index in [-0.39, 0.29) is 5.54 Å². The number of hydrogen-bond acceptors (Lipinski definition) is 1. The highest BCUT2D eigenvalue weighted by atomic mass is 79.9. The Morgan fingerprint density at radius 3 is 2.53 bits per heavy atom. The Kier molecular flexibility index (Phi) is 2.91. The number of aryl methyl sites for hydroxylation is 3. The van der Waals surface area contributed by atoms with Crippen molar-refractivity contribution in [3.63, 3.8) is 0 Å². The summed E-state index contributed by atoms with van der Waals surface area (Å²) >= 11 is 3.59. The first-order valence-electron chi connectivity index (χ1n) is 5.55. The van der Waals surface area contributed by atoms with Crippen molar-refractivity contribution in [2.45, 2.75) is 45.1 Å². The van der Waals surface area contributed by atoms with Gasteiger partial charge in [0.2, 0.25) is 0 Å². The molecule has 1 nitrogen and oxygen atoms in total. The SMILES string of the molecule is Cc1cc(C)c(CCC2(N)CC2)cc1Br. The van der Waals surface area contributed by atoms with Crippen LogP contribution in [0.5, 0.6) is 0 Å². The highest BCUT2D eigenvalue weighted by molar-refractivity contribution is 9.10. The lowest BCUT2D eigenvalue weighted by molar-refractivity contribution is 0.608. The van der Waals surface area contributed by atoms with Gasteiger partial charge in [-0.25, -0.2) is 0 Å². The summed E-state index contributed by atoms with van der Waals surface area (Å²) in [7, 11) is 0. The molecule has 15 heavy (non-hydrogen) atoms. The Morgan fingerprint density at radius 2 is 1.93 bits per heavy atom. The van der Waals surface area contributed by atoms with Crippen molar-refractivity contribution in [3.05, 3.63) is 33.3 Å². The summed E-state index contributed by atoms with van der Waals surface area (Å²) in [5.41, 5.74) is 10.4. The molecule has 0 radical (unpaired) electrons. The smallest absolute Gasteiger partial charge is 0.0207 e. The predicted molar refractivity (Wildman–Crippen MR) is 68.1 cm³/mol. The van der Waals surface area contributed by atoms with Gasteiger partial charge < -0.3 is 5.73 Å². The second kappa shape index (κ2) is 3.91. The second-order valence-corrected chi connectivity index (χ2v) is 5.74. The fourth-order valence-corrected chi connectivity index (χ4v) is 2.32. The Hall–Kier alpha value is -0.340. The molecule has 82 valence electrons. The van der Waals surface area contributed by atoms with Crippen molar-refractivity contribution < 1.29 is 0 Å². The minimum absolute atomic E-state index is 0.170. The molecule has 0 unspecified atom stereocenters. The number of benzene rings is 1. The maximum absolute atomic E-state index is 6.10. The van der Waals surface area contributed by atoms with E-state index in [4.69, 9.17) is 5.73 Å². The molecule has 0 saturated heterocycles. The van der Waals surface area contributed by atoms with Gasteiger partial charge in [0.15, 0.2) is 0 Å². The molecule has 0 aliphatic heterocycles. The molecule has 0 atom stereocenters. The lowest BCUT2D eigenvalue weighted by Gasteiger charge is -2.12. The zero-order valence-electron chi connectivity index (χ0n) is 9.44. The predicted octanol–water partition coefficient (Wildman–Crippen LogP) is 3.49. The van der Waals surface area contributed by atoms with Crippen LogP contribution in [0.25, 0.3) is 0 Å². The van der Waals surface area contributed by atoms with Gasteiger partial charge in [0.05, 0.1) is 0 Å². The molecule has 0 aromatic heterocycles. The van der Waals surface area contributed by atoms with Gasteiger partial charge >= 0.3 is 0 Å². The van der Waals surface area contributed by atoms with Crippen LogP contribution in [0.1, 0.15) is 36.0 Å². The van der Waals surface area contributed by atoms with Gasteiger partial charge in [-0.2, -0.15) is 0 Å². The van der Waals surface area contributed by atoms with Crippen LogP contribution in [-0.2, 0) is 6.42 Å². The molecule has 2 rings (SSSR count). The quantitative estimate of drug-likeness (QED) is 0.892. The molecule has 0 bridgehead atoms. The number of nitrogens with two attached hydrogens (primary N) is 1. The molecular formula is C13H18BrN.